The molecule has 0 unspecified atom stereocenters. The molecule has 0 spiro atoms. The second kappa shape index (κ2) is 8.09. The van der Waals surface area contributed by atoms with Gasteiger partial charge in [-0.05, 0) is 37.5 Å². The highest BCUT2D eigenvalue weighted by Gasteiger charge is 2.12. The molecular formula is C17H21OP. The third kappa shape index (κ3) is 4.45. The topological polar surface area (TPSA) is 20.2 Å². The van der Waals surface area contributed by atoms with Crippen LogP contribution in [0.25, 0.3) is 0 Å². The van der Waals surface area contributed by atoms with E-state index >= 15 is 0 Å². The van der Waals surface area contributed by atoms with Gasteiger partial charge in [0.15, 0.2) is 0 Å². The molecule has 0 saturated heterocycles. The summed E-state index contributed by atoms with van der Waals surface area (Å²) in [6, 6.07) is 21.6. The van der Waals surface area contributed by atoms with Crippen molar-refractivity contribution in [3.8, 4) is 0 Å². The van der Waals surface area contributed by atoms with Crippen LogP contribution in [0.3, 0.4) is 0 Å². The van der Waals surface area contributed by atoms with E-state index in [4.69, 9.17) is 5.11 Å². The number of aliphatic hydroxyl groups excluding tert-OH is 1. The average Bonchev–Trinajstić information content (AvgIpc) is 2.49. The highest BCUT2D eigenvalue weighted by Crippen LogP contribution is 2.34. The van der Waals surface area contributed by atoms with Crippen molar-refractivity contribution in [1.29, 1.82) is 0 Å². The van der Waals surface area contributed by atoms with Crippen molar-refractivity contribution >= 4 is 18.5 Å². The van der Waals surface area contributed by atoms with Crippen LogP contribution >= 0.6 is 7.92 Å². The highest BCUT2D eigenvalue weighted by atomic mass is 31.1. The van der Waals surface area contributed by atoms with E-state index in [0.29, 0.717) is 6.61 Å². The van der Waals surface area contributed by atoms with E-state index in [-0.39, 0.29) is 7.92 Å². The maximum atomic E-state index is 8.87. The van der Waals surface area contributed by atoms with Gasteiger partial charge in [0.25, 0.3) is 0 Å². The van der Waals surface area contributed by atoms with Crippen LogP contribution in [0.4, 0.5) is 0 Å². The molecule has 1 N–H and O–H groups in total. The Labute approximate surface area is 117 Å². The number of benzene rings is 2. The van der Waals surface area contributed by atoms with Crippen LogP contribution in [-0.4, -0.2) is 17.9 Å². The molecule has 2 aromatic carbocycles. The first-order chi connectivity index (χ1) is 9.42. The van der Waals surface area contributed by atoms with E-state index in [0.717, 1.165) is 12.8 Å². The summed E-state index contributed by atoms with van der Waals surface area (Å²) in [5.41, 5.74) is 0. The van der Waals surface area contributed by atoms with E-state index in [9.17, 15) is 0 Å². The molecular weight excluding hydrogens is 251 g/mol. The van der Waals surface area contributed by atoms with Crippen molar-refractivity contribution in [3.63, 3.8) is 0 Å². The highest BCUT2D eigenvalue weighted by molar-refractivity contribution is 7.73. The second-order valence-electron chi connectivity index (χ2n) is 4.61. The van der Waals surface area contributed by atoms with Crippen molar-refractivity contribution in [1.82, 2.24) is 0 Å². The van der Waals surface area contributed by atoms with Crippen LogP contribution in [0.1, 0.15) is 19.3 Å². The van der Waals surface area contributed by atoms with E-state index in [1.807, 2.05) is 0 Å². The standard InChI is InChI=1S/C17H21OP/c18-14-8-3-9-15-19(16-10-4-1-5-11-16)17-12-6-2-7-13-17/h1-2,4-7,10-13,18H,3,8-9,14-15H2. The molecule has 0 fully saturated rings. The zero-order valence-corrected chi connectivity index (χ0v) is 12.1. The van der Waals surface area contributed by atoms with E-state index < -0.39 is 0 Å². The number of aliphatic hydroxyl groups is 1. The normalized spacial score (nSPS) is 10.8. The first-order valence-electron chi connectivity index (χ1n) is 6.90. The Morgan fingerprint density at radius 2 is 1.21 bits per heavy atom. The molecule has 19 heavy (non-hydrogen) atoms. The molecule has 0 aliphatic carbocycles. The maximum Gasteiger partial charge on any atom is 0.0431 e. The van der Waals surface area contributed by atoms with E-state index in [1.54, 1.807) is 0 Å². The molecule has 0 heterocycles. The Bertz CT molecular complexity index is 416. The van der Waals surface area contributed by atoms with Gasteiger partial charge in [-0.1, -0.05) is 67.1 Å². The lowest BCUT2D eigenvalue weighted by molar-refractivity contribution is 0.284. The fourth-order valence-corrected chi connectivity index (χ4v) is 4.60. The smallest absolute Gasteiger partial charge is 0.0431 e. The van der Waals surface area contributed by atoms with Gasteiger partial charge in [0, 0.05) is 6.61 Å². The van der Waals surface area contributed by atoms with Gasteiger partial charge >= 0.3 is 0 Å². The van der Waals surface area contributed by atoms with Gasteiger partial charge in [0.05, 0.1) is 0 Å². The van der Waals surface area contributed by atoms with Crippen molar-refractivity contribution in [2.24, 2.45) is 0 Å². The number of unbranched alkanes of at least 4 members (excludes halogenated alkanes) is 2. The van der Waals surface area contributed by atoms with Crippen LogP contribution in [0.5, 0.6) is 0 Å². The lowest BCUT2D eigenvalue weighted by Crippen LogP contribution is -2.13. The molecule has 0 aliphatic rings. The fraction of sp³-hybridized carbons (Fsp3) is 0.294. The first kappa shape index (κ1) is 14.2. The summed E-state index contributed by atoms with van der Waals surface area (Å²) < 4.78 is 0. The van der Waals surface area contributed by atoms with Gasteiger partial charge < -0.3 is 5.11 Å². The van der Waals surface area contributed by atoms with E-state index in [2.05, 4.69) is 60.7 Å². The molecule has 2 aromatic rings. The third-order valence-electron chi connectivity index (χ3n) is 3.18. The average molecular weight is 272 g/mol. The predicted molar refractivity (Wildman–Crippen MR) is 84.9 cm³/mol. The van der Waals surface area contributed by atoms with Gasteiger partial charge in [-0.3, -0.25) is 0 Å². The summed E-state index contributed by atoms with van der Waals surface area (Å²) in [6.07, 6.45) is 4.45. The molecule has 2 heteroatoms. The summed E-state index contributed by atoms with van der Waals surface area (Å²) in [7, 11) is -0.249. The number of rotatable bonds is 7. The maximum absolute atomic E-state index is 8.87. The zero-order valence-electron chi connectivity index (χ0n) is 11.2. The number of hydrogen-bond donors (Lipinski definition) is 1. The molecule has 0 aromatic heterocycles. The van der Waals surface area contributed by atoms with Crippen LogP contribution in [0.15, 0.2) is 60.7 Å². The zero-order chi connectivity index (χ0) is 13.3. The van der Waals surface area contributed by atoms with Crippen LogP contribution in [0.2, 0.25) is 0 Å². The Morgan fingerprint density at radius 1 is 0.684 bits per heavy atom. The minimum Gasteiger partial charge on any atom is -0.396 e. The van der Waals surface area contributed by atoms with Gasteiger partial charge in [-0.15, -0.1) is 0 Å². The Balaban J connectivity index is 2.10. The molecule has 100 valence electrons. The Morgan fingerprint density at radius 3 is 1.68 bits per heavy atom. The monoisotopic (exact) mass is 272 g/mol. The van der Waals surface area contributed by atoms with Gasteiger partial charge in [-0.25, -0.2) is 0 Å². The molecule has 0 aliphatic heterocycles. The van der Waals surface area contributed by atoms with Crippen molar-refractivity contribution in [3.05, 3.63) is 60.7 Å². The number of hydrogen-bond acceptors (Lipinski definition) is 1. The predicted octanol–water partition coefficient (Wildman–Crippen LogP) is 3.28. The molecule has 0 radical (unpaired) electrons. The van der Waals surface area contributed by atoms with Gasteiger partial charge in [0.1, 0.15) is 0 Å². The summed E-state index contributed by atoms with van der Waals surface area (Å²) in [5.74, 6) is 0. The third-order valence-corrected chi connectivity index (χ3v) is 5.78. The van der Waals surface area contributed by atoms with Crippen molar-refractivity contribution < 1.29 is 5.11 Å². The summed E-state index contributed by atoms with van der Waals surface area (Å²) in [6.45, 7) is 0.314. The molecule has 2 rings (SSSR count). The summed E-state index contributed by atoms with van der Waals surface area (Å²) in [5, 5.41) is 11.8. The van der Waals surface area contributed by atoms with Crippen LogP contribution in [0, 0.1) is 0 Å². The molecule has 0 amide bonds. The minimum atomic E-state index is -0.249. The quantitative estimate of drug-likeness (QED) is 0.606. The Hall–Kier alpha value is -1.17. The summed E-state index contributed by atoms with van der Waals surface area (Å²) in [4.78, 5) is 0. The first-order valence-corrected chi connectivity index (χ1v) is 8.43. The largest absolute Gasteiger partial charge is 0.396 e. The van der Waals surface area contributed by atoms with Gasteiger partial charge in [0.2, 0.25) is 0 Å². The minimum absolute atomic E-state index is 0.249. The lowest BCUT2D eigenvalue weighted by Gasteiger charge is -2.18. The molecule has 0 saturated carbocycles. The second-order valence-corrected chi connectivity index (χ2v) is 6.94. The Kier molecular flexibility index (Phi) is 6.07. The van der Waals surface area contributed by atoms with E-state index in [1.165, 1.54) is 23.2 Å². The molecule has 0 bridgehead atoms. The van der Waals surface area contributed by atoms with Crippen molar-refractivity contribution in [2.75, 3.05) is 12.8 Å². The van der Waals surface area contributed by atoms with Gasteiger partial charge in [-0.2, -0.15) is 0 Å². The molecule has 0 atom stereocenters. The SMILES string of the molecule is OCCCCCP(c1ccccc1)c1ccccc1. The summed E-state index contributed by atoms with van der Waals surface area (Å²) >= 11 is 0. The van der Waals surface area contributed by atoms with Crippen LogP contribution in [-0.2, 0) is 0 Å². The lowest BCUT2D eigenvalue weighted by atomic mass is 10.3. The van der Waals surface area contributed by atoms with Crippen LogP contribution < -0.4 is 10.6 Å². The molecule has 1 nitrogen and oxygen atoms in total. The fourth-order valence-electron chi connectivity index (χ4n) is 2.18. The van der Waals surface area contributed by atoms with Crippen molar-refractivity contribution in [2.45, 2.75) is 19.3 Å².